The Bertz CT molecular complexity index is 8070. The third-order valence-electron chi connectivity index (χ3n) is 26.3. The van der Waals surface area contributed by atoms with Crippen LogP contribution >= 0.6 is 0 Å². The highest BCUT2D eigenvalue weighted by atomic mass is 15.0. The van der Waals surface area contributed by atoms with E-state index in [0.717, 1.165) is 67.2 Å². The van der Waals surface area contributed by atoms with Gasteiger partial charge in [0, 0.05) is 98.9 Å². The molecule has 0 unspecified atom stereocenters. The van der Waals surface area contributed by atoms with E-state index in [1.807, 2.05) is 0 Å². The first kappa shape index (κ1) is 64.9. The van der Waals surface area contributed by atoms with Gasteiger partial charge in [-0.1, -0.05) is 270 Å². The molecule has 0 radical (unpaired) electrons. The van der Waals surface area contributed by atoms with E-state index in [1.54, 1.807) is 0 Å². The predicted octanol–water partition coefficient (Wildman–Crippen LogP) is 28.6. The van der Waals surface area contributed by atoms with E-state index < -0.39 is 0 Å². The van der Waals surface area contributed by atoms with Gasteiger partial charge >= 0.3 is 0 Å². The van der Waals surface area contributed by atoms with E-state index >= 15 is 0 Å². The lowest BCUT2D eigenvalue weighted by molar-refractivity contribution is 0.660. The Morgan fingerprint density at radius 3 is 1.03 bits per heavy atom. The van der Waals surface area contributed by atoms with Crippen molar-refractivity contribution in [1.82, 2.24) is 28.2 Å². The topological polar surface area (TPSA) is 45.5 Å². The third kappa shape index (κ3) is 9.12. The van der Waals surface area contributed by atoms with Crippen molar-refractivity contribution in [3.63, 3.8) is 0 Å². The smallest absolute Gasteiger partial charge is 0.160 e. The molecule has 22 aromatic rings. The van der Waals surface area contributed by atoms with Crippen molar-refractivity contribution in [2.24, 2.45) is 0 Å². The molecular formula is C110H72N6. The van der Waals surface area contributed by atoms with E-state index in [1.165, 1.54) is 171 Å². The first-order valence-corrected chi connectivity index (χ1v) is 40.4. The minimum atomic E-state index is -0.104. The summed E-state index contributed by atoms with van der Waals surface area (Å²) in [4.78, 5) is 11.2. The third-order valence-corrected chi connectivity index (χ3v) is 26.3. The molecule has 3 aliphatic rings. The van der Waals surface area contributed by atoms with Gasteiger partial charge < -0.3 is 18.3 Å². The molecule has 0 spiro atoms. The van der Waals surface area contributed by atoms with Crippen LogP contribution in [0.2, 0.25) is 0 Å². The lowest BCUT2D eigenvalue weighted by Gasteiger charge is -2.22. The standard InChI is InChI=1S/C110H72N6/c1-109(2)92-34-14-8-26-77(92)79-50-48-74(63-94(79)109)115-98-38-18-12-30-83(98)90-61-69(44-56-102(90)115)67-42-54-100-88(59-67)81-28-10-16-36-96(81)113(100)72-46-40-65(41-47-72)76-52-53-86-104-85(76)32-21-33-87(104)107-105(86)106(111-108(112-107)66-22-6-5-7-23-66)71-24-20-25-73(58-71)114-97-37-17-11-29-82(97)89-60-68(43-55-101(89)114)70-45-57-103-91(62-70)84-31-13-19-39-99(84)116(103)75-49-51-80-78-27-9-15-35-93(78)110(3,4)95(80)64-75/h5-64H,1-4H3. The Balaban J connectivity index is 0.555. The molecule has 3 aliphatic carbocycles. The summed E-state index contributed by atoms with van der Waals surface area (Å²) in [5.41, 5.74) is 38.8. The summed E-state index contributed by atoms with van der Waals surface area (Å²) in [5, 5.41) is 12.2. The summed E-state index contributed by atoms with van der Waals surface area (Å²) < 4.78 is 9.80. The fourth-order valence-electron chi connectivity index (χ4n) is 20.9. The summed E-state index contributed by atoms with van der Waals surface area (Å²) in [7, 11) is 0. The van der Waals surface area contributed by atoms with Crippen LogP contribution in [0.1, 0.15) is 49.9 Å². The average Bonchev–Trinajstić information content (AvgIpc) is 1.57. The van der Waals surface area contributed by atoms with Gasteiger partial charge in [-0.15, -0.1) is 0 Å². The van der Waals surface area contributed by atoms with Crippen molar-refractivity contribution < 1.29 is 0 Å². The Morgan fingerprint density at radius 2 is 0.543 bits per heavy atom. The minimum Gasteiger partial charge on any atom is -0.309 e. The number of hydrogen-bond acceptors (Lipinski definition) is 2. The molecular weight excluding hydrogens is 1410 g/mol. The SMILES string of the molecule is CC1(C)c2ccccc2-c2ccc(-n3c4ccccc4c4cc(-c5ccc6c(c5)c5ccccc5n6-c5ccc(-c6ccc7c8c(cccc68)-c6nc(-c8ccccc8)nc(-c8cccc(-n9c%10ccccc%10c%10cc(-c%11ccc%12c(c%11)c%11ccccc%11n%12-c%11ccc%12c(c%11)C(C)(C)c%11ccccc%11-%12)ccc%109)c8)c6-7)cc5)ccc43)cc21. The van der Waals surface area contributed by atoms with Crippen LogP contribution in [0.5, 0.6) is 0 Å². The Labute approximate surface area is 670 Å². The number of hydrogen-bond donors (Lipinski definition) is 0. The molecule has 0 fully saturated rings. The van der Waals surface area contributed by atoms with Crippen molar-refractivity contribution in [2.75, 3.05) is 0 Å². The van der Waals surface area contributed by atoms with Gasteiger partial charge in [0.2, 0.25) is 0 Å². The normalized spacial score (nSPS) is 13.5. The summed E-state index contributed by atoms with van der Waals surface area (Å²) >= 11 is 0. The van der Waals surface area contributed by atoms with Crippen molar-refractivity contribution in [3.05, 3.63) is 386 Å². The van der Waals surface area contributed by atoms with Gasteiger partial charge in [0.1, 0.15) is 0 Å². The van der Waals surface area contributed by atoms with Gasteiger partial charge in [-0.25, -0.2) is 9.97 Å². The Kier molecular flexibility index (Phi) is 13.4. The van der Waals surface area contributed by atoms with Crippen LogP contribution in [-0.2, 0) is 10.8 Å². The number of benzene rings is 17. The molecule has 17 aromatic carbocycles. The highest BCUT2D eigenvalue weighted by Gasteiger charge is 2.38. The molecule has 542 valence electrons. The number of rotatable bonds is 9. The molecule has 6 nitrogen and oxygen atoms in total. The molecule has 116 heavy (non-hydrogen) atoms. The molecule has 0 amide bonds. The maximum absolute atomic E-state index is 5.63. The Morgan fingerprint density at radius 1 is 0.198 bits per heavy atom. The zero-order chi connectivity index (χ0) is 76.6. The number of aromatic nitrogens is 6. The number of fused-ring (bicyclic) bond motifs is 21. The van der Waals surface area contributed by atoms with Crippen LogP contribution in [0.4, 0.5) is 0 Å². The summed E-state index contributed by atoms with van der Waals surface area (Å²) in [5.74, 6) is 0.696. The lowest BCUT2D eigenvalue weighted by Crippen LogP contribution is -2.15. The highest BCUT2D eigenvalue weighted by Crippen LogP contribution is 2.55. The molecule has 0 atom stereocenters. The largest absolute Gasteiger partial charge is 0.309 e. The molecule has 5 aromatic heterocycles. The lowest BCUT2D eigenvalue weighted by atomic mass is 9.82. The summed E-state index contributed by atoms with van der Waals surface area (Å²) in [6, 6.07) is 136. The van der Waals surface area contributed by atoms with Gasteiger partial charge in [0.25, 0.3) is 0 Å². The second-order valence-electron chi connectivity index (χ2n) is 33.1. The second-order valence-corrected chi connectivity index (χ2v) is 33.1. The van der Waals surface area contributed by atoms with Crippen molar-refractivity contribution in [3.8, 4) is 123 Å². The molecule has 25 rings (SSSR count). The van der Waals surface area contributed by atoms with E-state index in [4.69, 9.17) is 9.97 Å². The van der Waals surface area contributed by atoms with Crippen LogP contribution in [0.15, 0.2) is 364 Å². The minimum absolute atomic E-state index is 0.0975. The Hall–Kier alpha value is -14.7. The zero-order valence-electron chi connectivity index (χ0n) is 64.3. The second kappa shape index (κ2) is 23.9. The summed E-state index contributed by atoms with van der Waals surface area (Å²) in [6.45, 7) is 9.46. The molecule has 5 heterocycles. The fraction of sp³-hybridized carbons (Fsp3) is 0.0545. The molecule has 6 heteroatoms. The van der Waals surface area contributed by atoms with Gasteiger partial charge in [-0.05, 0) is 216 Å². The molecule has 0 saturated carbocycles. The van der Waals surface area contributed by atoms with Crippen molar-refractivity contribution >= 4 is 98.0 Å². The number of para-hydroxylation sites is 4. The maximum atomic E-state index is 5.63. The quantitative estimate of drug-likeness (QED) is 0.145. The predicted molar refractivity (Wildman–Crippen MR) is 484 cm³/mol. The van der Waals surface area contributed by atoms with Gasteiger partial charge in [0.05, 0.1) is 55.5 Å². The molecule has 0 aliphatic heterocycles. The van der Waals surface area contributed by atoms with Crippen LogP contribution < -0.4 is 0 Å². The first-order chi connectivity index (χ1) is 57.0. The molecule has 0 saturated heterocycles. The first-order valence-electron chi connectivity index (χ1n) is 40.4. The van der Waals surface area contributed by atoms with E-state index in [-0.39, 0.29) is 10.8 Å². The van der Waals surface area contributed by atoms with E-state index in [9.17, 15) is 0 Å². The zero-order valence-corrected chi connectivity index (χ0v) is 64.3. The van der Waals surface area contributed by atoms with Crippen molar-refractivity contribution in [2.45, 2.75) is 38.5 Å². The number of nitrogens with zero attached hydrogens (tertiary/aromatic N) is 6. The van der Waals surface area contributed by atoms with Gasteiger partial charge in [0.15, 0.2) is 5.82 Å². The maximum Gasteiger partial charge on any atom is 0.160 e. The molecule has 0 N–H and O–H groups in total. The van der Waals surface area contributed by atoms with Crippen LogP contribution in [0.3, 0.4) is 0 Å². The monoisotopic (exact) mass is 1480 g/mol. The van der Waals surface area contributed by atoms with E-state index in [0.29, 0.717) is 5.82 Å². The highest BCUT2D eigenvalue weighted by molar-refractivity contribution is 6.21. The summed E-state index contributed by atoms with van der Waals surface area (Å²) in [6.07, 6.45) is 0. The molecule has 0 bridgehead atoms. The van der Waals surface area contributed by atoms with Crippen LogP contribution in [0.25, 0.3) is 221 Å². The van der Waals surface area contributed by atoms with Gasteiger partial charge in [-0.3, -0.25) is 0 Å². The fourth-order valence-corrected chi connectivity index (χ4v) is 20.9. The van der Waals surface area contributed by atoms with Crippen LogP contribution in [-0.4, -0.2) is 28.2 Å². The van der Waals surface area contributed by atoms with Crippen molar-refractivity contribution in [1.29, 1.82) is 0 Å². The van der Waals surface area contributed by atoms with E-state index in [2.05, 4.69) is 410 Å². The van der Waals surface area contributed by atoms with Gasteiger partial charge in [-0.2, -0.15) is 0 Å². The average molecular weight is 1480 g/mol. The van der Waals surface area contributed by atoms with Crippen LogP contribution in [0, 0.1) is 0 Å².